The molecule has 6 aromatic rings. The van der Waals surface area contributed by atoms with E-state index in [4.69, 9.17) is 28.9 Å². The third-order valence-electron chi connectivity index (χ3n) is 18.3. The van der Waals surface area contributed by atoms with Crippen molar-refractivity contribution in [3.8, 4) is 45.3 Å². The molecule has 6 aromatic carbocycles. The number of hydrogen-bond acceptors (Lipinski definition) is 12. The number of para-hydroxylation sites is 6. The highest BCUT2D eigenvalue weighted by Crippen LogP contribution is 2.43. The third-order valence-corrected chi connectivity index (χ3v) is 18.3. The van der Waals surface area contributed by atoms with Crippen molar-refractivity contribution in [2.45, 2.75) is 206 Å². The molecule has 14 heteroatoms. The Labute approximate surface area is 545 Å². The summed E-state index contributed by atoms with van der Waals surface area (Å²) in [5.41, 5.74) is 5.77. The first-order valence-corrected chi connectivity index (χ1v) is 34.4. The van der Waals surface area contributed by atoms with Crippen molar-refractivity contribution in [2.75, 3.05) is 37.1 Å². The van der Waals surface area contributed by atoms with E-state index in [-0.39, 0.29) is 71.1 Å². The first kappa shape index (κ1) is 68.1. The van der Waals surface area contributed by atoms with Crippen LogP contribution in [0.4, 0.5) is 11.4 Å². The predicted molar refractivity (Wildman–Crippen MR) is 369 cm³/mol. The minimum absolute atomic E-state index is 0.0874. The highest BCUT2D eigenvalue weighted by Gasteiger charge is 2.31. The van der Waals surface area contributed by atoms with Crippen molar-refractivity contribution >= 4 is 47.6 Å². The van der Waals surface area contributed by atoms with Gasteiger partial charge < -0.3 is 39.8 Å². The standard InChI is InChI=1S/C78H96N4O10/c1-5-7-9-11-13-15-17-19-21-25-47-89-77(87)63-41-31-37-59(69(63)81-75(85)65-43-29-35-57-53(3)51-91-73(57)65)61-39-27-33-55(71(61)83)49-79-67-45-23-24-46-68(67)80-50-56-34-28-40-62(72(56)84)60-38-32-42-64(78(88)90-48-26-22-20-18-16-14-12-10-8-6-2)70(60)82-76(86)66-44-30-36-58-54(4)52-92-74(58)66/h27-44,49-50,53-54,67-68,83-84H,5-26,45-48,51-52H2,1-4H3,(H,81,85)(H,82,86)/t53-,54-,67-,68-/m1/s1. The monoisotopic (exact) mass is 1250 g/mol. The average Bonchev–Trinajstić information content (AvgIpc) is 0.992. The second-order valence-corrected chi connectivity index (χ2v) is 25.3. The number of rotatable bonds is 34. The van der Waals surface area contributed by atoms with Crippen molar-refractivity contribution in [3.63, 3.8) is 0 Å². The lowest BCUT2D eigenvalue weighted by atomic mass is 9.91. The van der Waals surface area contributed by atoms with Gasteiger partial charge >= 0.3 is 11.9 Å². The van der Waals surface area contributed by atoms with Crippen LogP contribution in [0.2, 0.25) is 0 Å². The van der Waals surface area contributed by atoms with Crippen LogP contribution >= 0.6 is 0 Å². The number of aromatic hydroxyl groups is 2. The minimum Gasteiger partial charge on any atom is -0.507 e. The highest BCUT2D eigenvalue weighted by atomic mass is 16.5. The molecule has 1 aliphatic carbocycles. The number of amides is 2. The van der Waals surface area contributed by atoms with E-state index >= 15 is 0 Å². The molecular formula is C78H96N4O10. The van der Waals surface area contributed by atoms with Gasteiger partial charge in [-0.1, -0.05) is 229 Å². The number of aliphatic imine (C=N–C) groups is 2. The lowest BCUT2D eigenvalue weighted by Crippen LogP contribution is -2.27. The van der Waals surface area contributed by atoms with Crippen LogP contribution in [0, 0.1) is 0 Å². The number of carbonyl (C=O) groups excluding carboxylic acids is 4. The van der Waals surface area contributed by atoms with E-state index in [1.165, 1.54) is 77.0 Å². The third kappa shape index (κ3) is 17.9. The Morgan fingerprint density at radius 1 is 0.457 bits per heavy atom. The van der Waals surface area contributed by atoms with Crippen molar-refractivity contribution in [1.29, 1.82) is 0 Å². The van der Waals surface area contributed by atoms with E-state index in [2.05, 4.69) is 38.3 Å². The van der Waals surface area contributed by atoms with Crippen molar-refractivity contribution in [3.05, 3.63) is 154 Å². The summed E-state index contributed by atoms with van der Waals surface area (Å²) in [6.45, 7) is 9.95. The number of phenolic OH excluding ortho intramolecular Hbond substituents is 2. The molecule has 4 atom stereocenters. The number of benzene rings is 6. The highest BCUT2D eigenvalue weighted by molar-refractivity contribution is 6.14. The van der Waals surface area contributed by atoms with Crippen LogP contribution in [-0.4, -0.2) is 84.9 Å². The first-order valence-electron chi connectivity index (χ1n) is 34.4. The van der Waals surface area contributed by atoms with E-state index in [0.29, 0.717) is 69.2 Å². The van der Waals surface area contributed by atoms with Gasteiger partial charge in [0.2, 0.25) is 0 Å². The number of anilines is 2. The van der Waals surface area contributed by atoms with Crippen LogP contribution in [0.3, 0.4) is 0 Å². The molecule has 0 saturated heterocycles. The van der Waals surface area contributed by atoms with E-state index in [1.807, 2.05) is 24.3 Å². The lowest BCUT2D eigenvalue weighted by molar-refractivity contribution is 0.0489. The fraction of sp³-hybridized carbons (Fsp3) is 0.462. The number of hydrogen-bond donors (Lipinski definition) is 4. The van der Waals surface area contributed by atoms with Gasteiger partial charge in [-0.05, 0) is 62.1 Å². The fourth-order valence-electron chi connectivity index (χ4n) is 12.9. The lowest BCUT2D eigenvalue weighted by Gasteiger charge is -2.25. The number of nitrogens with one attached hydrogen (secondary N) is 2. The second-order valence-electron chi connectivity index (χ2n) is 25.3. The molecule has 1 fully saturated rings. The molecular weight excluding hydrogens is 1150 g/mol. The molecule has 0 radical (unpaired) electrons. The molecule has 2 heterocycles. The minimum atomic E-state index is -0.575. The largest absolute Gasteiger partial charge is 0.507 e. The van der Waals surface area contributed by atoms with Gasteiger partial charge in [0.05, 0.1) is 72.1 Å². The van der Waals surface area contributed by atoms with Crippen LogP contribution in [-0.2, 0) is 9.47 Å². The van der Waals surface area contributed by atoms with Gasteiger partial charge in [-0.3, -0.25) is 19.6 Å². The first-order chi connectivity index (χ1) is 45.0. The van der Waals surface area contributed by atoms with Gasteiger partial charge in [0.15, 0.2) is 0 Å². The van der Waals surface area contributed by atoms with Crippen LogP contribution in [0.1, 0.15) is 257 Å². The Kier molecular flexibility index (Phi) is 25.9. The Morgan fingerprint density at radius 3 is 1.18 bits per heavy atom. The van der Waals surface area contributed by atoms with Gasteiger partial charge in [0.25, 0.3) is 11.8 Å². The average molecular weight is 1250 g/mol. The molecule has 2 amide bonds. The Balaban J connectivity index is 0.926. The Bertz CT molecular complexity index is 3290. The van der Waals surface area contributed by atoms with Crippen molar-refractivity contribution in [2.24, 2.45) is 9.98 Å². The number of ether oxygens (including phenoxy) is 4. The quantitative estimate of drug-likeness (QED) is 0.0172. The van der Waals surface area contributed by atoms with E-state index in [9.17, 15) is 29.4 Å². The number of unbranched alkanes of at least 4 members (excludes halogenated alkanes) is 18. The van der Waals surface area contributed by atoms with Crippen LogP contribution in [0.15, 0.2) is 119 Å². The van der Waals surface area contributed by atoms with Crippen LogP contribution < -0.4 is 20.1 Å². The molecule has 4 N–H and O–H groups in total. The summed E-state index contributed by atoms with van der Waals surface area (Å²) in [4.78, 5) is 67.0. The van der Waals surface area contributed by atoms with E-state index in [1.54, 1.807) is 97.4 Å². The molecule has 0 spiro atoms. The smallest absolute Gasteiger partial charge is 0.340 e. The van der Waals surface area contributed by atoms with Gasteiger partial charge in [-0.2, -0.15) is 0 Å². The van der Waals surface area contributed by atoms with Crippen LogP contribution in [0.5, 0.6) is 23.0 Å². The Hall–Kier alpha value is -8.26. The topological polar surface area (TPSA) is 194 Å². The van der Waals surface area contributed by atoms with Crippen LogP contribution in [0.25, 0.3) is 22.3 Å². The fourth-order valence-corrected chi connectivity index (χ4v) is 12.9. The molecule has 9 rings (SSSR count). The molecule has 0 bridgehead atoms. The molecule has 92 heavy (non-hydrogen) atoms. The van der Waals surface area contributed by atoms with Crippen molar-refractivity contribution in [1.82, 2.24) is 0 Å². The Morgan fingerprint density at radius 2 is 0.793 bits per heavy atom. The normalized spacial score (nSPS) is 16.7. The molecule has 14 nitrogen and oxygen atoms in total. The maximum Gasteiger partial charge on any atom is 0.340 e. The van der Waals surface area contributed by atoms with Crippen molar-refractivity contribution < 1.29 is 48.3 Å². The maximum atomic E-state index is 14.4. The maximum absolute atomic E-state index is 14.4. The molecule has 2 aliphatic heterocycles. The summed E-state index contributed by atoms with van der Waals surface area (Å²) in [6.07, 6.45) is 29.6. The number of phenols is 2. The number of esters is 2. The predicted octanol–water partition coefficient (Wildman–Crippen LogP) is 18.9. The molecule has 0 unspecified atom stereocenters. The zero-order valence-corrected chi connectivity index (χ0v) is 54.7. The summed E-state index contributed by atoms with van der Waals surface area (Å²) in [5.74, 6) is -0.989. The summed E-state index contributed by atoms with van der Waals surface area (Å²) in [7, 11) is 0. The molecule has 488 valence electrons. The van der Waals surface area contributed by atoms with Gasteiger partial charge in [-0.15, -0.1) is 0 Å². The summed E-state index contributed by atoms with van der Waals surface area (Å²) >= 11 is 0. The molecule has 1 saturated carbocycles. The van der Waals surface area contributed by atoms with Gasteiger partial charge in [0, 0.05) is 68.8 Å². The molecule has 3 aliphatic rings. The zero-order chi connectivity index (χ0) is 64.6. The van der Waals surface area contributed by atoms with E-state index < -0.39 is 23.8 Å². The SMILES string of the molecule is CCCCCCCCCCCCOC(=O)c1cccc(-c2cccc(C=N[C@@H]3CCCC[C@H]3N=Cc3cccc(-c4cccc(C(=O)OCCCCCCCCCCCC)c4NC(=O)c4cccc5c4OC[C@H]5C)c3O)c2O)c1NC(=O)c1cccc2c1OC[C@H]2C. The number of nitrogens with zero attached hydrogens (tertiary/aromatic N) is 2. The number of fused-ring (bicyclic) bond motifs is 2. The summed E-state index contributed by atoms with van der Waals surface area (Å²) < 4.78 is 23.8. The summed E-state index contributed by atoms with van der Waals surface area (Å²) in [6, 6.07) is 31.4. The van der Waals surface area contributed by atoms with Gasteiger partial charge in [0.1, 0.15) is 23.0 Å². The van der Waals surface area contributed by atoms with Gasteiger partial charge in [-0.25, -0.2) is 9.59 Å². The zero-order valence-electron chi connectivity index (χ0n) is 54.7. The van der Waals surface area contributed by atoms with E-state index in [0.717, 1.165) is 88.2 Å². The summed E-state index contributed by atoms with van der Waals surface area (Å²) in [5, 5.41) is 30.5. The molecule has 0 aromatic heterocycles. The second kappa shape index (κ2) is 35.0. The number of carbonyl (C=O) groups is 4.